The van der Waals surface area contributed by atoms with Crippen LogP contribution in [0.3, 0.4) is 0 Å². The van der Waals surface area contributed by atoms with Crippen molar-refractivity contribution >= 4 is 36.1 Å². The Morgan fingerprint density at radius 3 is 2.12 bits per heavy atom. The molecule has 0 N–H and O–H groups in total. The van der Waals surface area contributed by atoms with Crippen molar-refractivity contribution in [1.82, 2.24) is 0 Å². The molecule has 0 aromatic heterocycles. The van der Waals surface area contributed by atoms with E-state index in [4.69, 9.17) is 4.74 Å². The van der Waals surface area contributed by atoms with Gasteiger partial charge in [0.25, 0.3) is 0 Å². The van der Waals surface area contributed by atoms with E-state index < -0.39 is 20.9 Å². The Labute approximate surface area is 155 Å². The molecular weight excluding hydrogens is 412 g/mol. The first-order valence-electron chi connectivity index (χ1n) is 8.37. The van der Waals surface area contributed by atoms with Gasteiger partial charge in [0.2, 0.25) is 0 Å². The van der Waals surface area contributed by atoms with E-state index in [1.54, 1.807) is 0 Å². The number of ether oxygens (including phenoxy) is 1. The second-order valence-electron chi connectivity index (χ2n) is 5.55. The minimum absolute atomic E-state index is 0.150. The molecule has 0 amide bonds. The van der Waals surface area contributed by atoms with Gasteiger partial charge in [-0.25, -0.2) is 0 Å². The molecule has 0 heterocycles. The molecule has 0 aliphatic rings. The number of hydrogen-bond acceptors (Lipinski definition) is 2. The number of hydrogen-bond donors (Lipinski definition) is 0. The summed E-state index contributed by atoms with van der Waals surface area (Å²) >= 11 is -0.808. The molecule has 2 aromatic carbocycles. The van der Waals surface area contributed by atoms with E-state index in [0.29, 0.717) is 12.5 Å². The van der Waals surface area contributed by atoms with Crippen molar-refractivity contribution in [2.75, 3.05) is 6.61 Å². The van der Waals surface area contributed by atoms with E-state index in [9.17, 15) is 4.79 Å². The van der Waals surface area contributed by atoms with Crippen LogP contribution in [0.5, 0.6) is 0 Å². The summed E-state index contributed by atoms with van der Waals surface area (Å²) in [5.41, 5.74) is 2.29. The summed E-state index contributed by atoms with van der Waals surface area (Å²) in [5, 5.41) is 0. The Morgan fingerprint density at radius 1 is 1.00 bits per heavy atom. The zero-order valence-corrected chi connectivity index (χ0v) is 16.8. The van der Waals surface area contributed by atoms with Crippen LogP contribution in [0.15, 0.2) is 64.3 Å². The van der Waals surface area contributed by atoms with Crippen LogP contribution in [-0.4, -0.2) is 33.5 Å². The van der Waals surface area contributed by atoms with E-state index in [0.717, 1.165) is 21.2 Å². The average Bonchev–Trinajstić information content (AvgIpc) is 2.63. The summed E-state index contributed by atoms with van der Waals surface area (Å²) in [7, 11) is 0. The molecule has 0 saturated heterocycles. The summed E-state index contributed by atoms with van der Waals surface area (Å²) in [6.07, 6.45) is 0.995. The molecule has 2 rings (SSSR count). The average molecular weight is 436 g/mol. The van der Waals surface area contributed by atoms with Crippen molar-refractivity contribution < 1.29 is 9.53 Å². The molecule has 0 radical (unpaired) electrons. The predicted molar refractivity (Wildman–Crippen MR) is 101 cm³/mol. The van der Waals surface area contributed by atoms with Gasteiger partial charge < -0.3 is 0 Å². The van der Waals surface area contributed by atoms with E-state index in [1.807, 2.05) is 43.3 Å². The molecule has 0 aliphatic heterocycles. The SMILES string of the molecule is CCOC(=O)/C([Te]c1ccccc1)=C(\c1ccccc1)C(C)CC. The molecule has 126 valence electrons. The fourth-order valence-corrected chi connectivity index (χ4v) is 5.61. The number of allylic oxidation sites excluding steroid dienone is 1. The Hall–Kier alpha value is -1.56. The van der Waals surface area contributed by atoms with Crippen LogP contribution in [0.4, 0.5) is 0 Å². The van der Waals surface area contributed by atoms with Gasteiger partial charge >= 0.3 is 155 Å². The quantitative estimate of drug-likeness (QED) is 0.373. The topological polar surface area (TPSA) is 26.3 Å². The summed E-state index contributed by atoms with van der Waals surface area (Å²) in [6, 6.07) is 20.6. The van der Waals surface area contributed by atoms with Crippen molar-refractivity contribution in [2.45, 2.75) is 27.2 Å². The second-order valence-corrected chi connectivity index (χ2v) is 8.65. The van der Waals surface area contributed by atoms with Crippen LogP contribution in [0, 0.1) is 5.92 Å². The molecular formula is C21H24O2Te. The van der Waals surface area contributed by atoms with E-state index in [-0.39, 0.29) is 5.97 Å². The molecule has 24 heavy (non-hydrogen) atoms. The monoisotopic (exact) mass is 438 g/mol. The van der Waals surface area contributed by atoms with Gasteiger partial charge in [0.05, 0.1) is 0 Å². The Bertz CT molecular complexity index is 677. The van der Waals surface area contributed by atoms with Crippen molar-refractivity contribution in [2.24, 2.45) is 5.92 Å². The van der Waals surface area contributed by atoms with Crippen molar-refractivity contribution in [3.8, 4) is 0 Å². The predicted octanol–water partition coefficient (Wildman–Crippen LogP) is 4.04. The molecule has 0 bridgehead atoms. The van der Waals surface area contributed by atoms with Crippen LogP contribution in [-0.2, 0) is 9.53 Å². The van der Waals surface area contributed by atoms with Crippen molar-refractivity contribution in [1.29, 1.82) is 0 Å². The third-order valence-corrected chi connectivity index (χ3v) is 6.99. The first-order chi connectivity index (χ1) is 11.7. The van der Waals surface area contributed by atoms with E-state index in [1.165, 1.54) is 3.61 Å². The first kappa shape index (κ1) is 18.8. The molecule has 1 atom stereocenters. The van der Waals surface area contributed by atoms with Gasteiger partial charge in [-0.1, -0.05) is 0 Å². The Kier molecular flexibility index (Phi) is 7.56. The van der Waals surface area contributed by atoms with Crippen LogP contribution < -0.4 is 3.61 Å². The zero-order valence-electron chi connectivity index (χ0n) is 14.5. The van der Waals surface area contributed by atoms with Crippen molar-refractivity contribution in [3.05, 3.63) is 69.8 Å². The van der Waals surface area contributed by atoms with Crippen LogP contribution in [0.1, 0.15) is 32.8 Å². The van der Waals surface area contributed by atoms with Crippen LogP contribution >= 0.6 is 0 Å². The molecule has 0 fully saturated rings. The molecule has 0 aliphatic carbocycles. The molecule has 2 aromatic rings. The van der Waals surface area contributed by atoms with Crippen molar-refractivity contribution in [3.63, 3.8) is 0 Å². The number of benzene rings is 2. The number of carbonyl (C=O) groups excluding carboxylic acids is 1. The van der Waals surface area contributed by atoms with Gasteiger partial charge in [0, 0.05) is 0 Å². The second kappa shape index (κ2) is 9.67. The number of esters is 1. The minimum atomic E-state index is -0.808. The summed E-state index contributed by atoms with van der Waals surface area (Å²) in [6.45, 7) is 6.63. The maximum atomic E-state index is 12.7. The van der Waals surface area contributed by atoms with E-state index >= 15 is 0 Å². The van der Waals surface area contributed by atoms with E-state index in [2.05, 4.69) is 38.1 Å². The Morgan fingerprint density at radius 2 is 1.58 bits per heavy atom. The van der Waals surface area contributed by atoms with Gasteiger partial charge in [-0.2, -0.15) is 0 Å². The van der Waals surface area contributed by atoms with Gasteiger partial charge in [0.1, 0.15) is 0 Å². The number of carbonyl (C=O) groups is 1. The standard InChI is InChI=1S/C21H24O2Te/c1-4-16(3)19(17-12-8-6-9-13-17)20(21(22)23-5-2)24-18-14-10-7-11-15-18/h6-16H,4-5H2,1-3H3/b20-19+. The van der Waals surface area contributed by atoms with Crippen LogP contribution in [0.25, 0.3) is 5.57 Å². The molecule has 1 unspecified atom stereocenters. The third-order valence-electron chi connectivity index (χ3n) is 3.86. The normalized spacial score (nSPS) is 13.1. The van der Waals surface area contributed by atoms with Gasteiger partial charge in [-0.3, -0.25) is 0 Å². The molecule has 0 spiro atoms. The molecule has 0 saturated carbocycles. The first-order valence-corrected chi connectivity index (χ1v) is 10.7. The fourth-order valence-electron chi connectivity index (χ4n) is 2.47. The fraction of sp³-hybridized carbons (Fsp3) is 0.286. The Balaban J connectivity index is 2.56. The van der Waals surface area contributed by atoms with Gasteiger partial charge in [0.15, 0.2) is 0 Å². The van der Waals surface area contributed by atoms with Gasteiger partial charge in [-0.05, 0) is 0 Å². The summed E-state index contributed by atoms with van der Waals surface area (Å²) < 4.78 is 7.56. The molecule has 2 nitrogen and oxygen atoms in total. The zero-order chi connectivity index (χ0) is 17.4. The summed E-state index contributed by atoms with van der Waals surface area (Å²) in [5.74, 6) is 0.170. The summed E-state index contributed by atoms with van der Waals surface area (Å²) in [4.78, 5) is 12.7. The number of rotatable bonds is 7. The van der Waals surface area contributed by atoms with Crippen LogP contribution in [0.2, 0.25) is 0 Å². The maximum absolute atomic E-state index is 12.7. The molecule has 3 heteroatoms. The third kappa shape index (κ3) is 4.97. The van der Waals surface area contributed by atoms with Gasteiger partial charge in [-0.15, -0.1) is 0 Å².